The van der Waals surface area contributed by atoms with Crippen molar-refractivity contribution < 1.29 is 19.5 Å². The molecule has 49 heavy (non-hydrogen) atoms. The second-order valence-electron chi connectivity index (χ2n) is 11.4. The van der Waals surface area contributed by atoms with Crippen LogP contribution in [0.4, 0.5) is 0 Å². The van der Waals surface area contributed by atoms with Gasteiger partial charge < -0.3 is 32.5 Å². The summed E-state index contributed by atoms with van der Waals surface area (Å²) >= 11 is 0. The molecule has 0 saturated carbocycles. The second kappa shape index (κ2) is 13.6. The Morgan fingerprint density at radius 3 is 0.408 bits per heavy atom. The fourth-order valence-corrected chi connectivity index (χ4v) is 6.31. The first-order chi connectivity index (χ1) is 23.4. The predicted octanol–water partition coefficient (Wildman–Crippen LogP) is 9.25. The summed E-state index contributed by atoms with van der Waals surface area (Å²) in [5, 5.41) is 59.4. The number of fused-ring (bicyclic) bond motifs is 9. The first kappa shape index (κ1) is 32.9. The maximum atomic E-state index is 9.91. The summed E-state index contributed by atoms with van der Waals surface area (Å²) in [6, 6.07) is 45.1. The molecule has 0 heterocycles. The van der Waals surface area contributed by atoms with Crippen molar-refractivity contribution in [1.82, 2.24) is 0 Å². The van der Waals surface area contributed by atoms with Gasteiger partial charge in [0.05, 0.1) is 0 Å². The van der Waals surface area contributed by atoms with Gasteiger partial charge in [-0.2, -0.15) is 34.3 Å². The summed E-state index contributed by atoms with van der Waals surface area (Å²) in [6.07, 6.45) is 0. The molecule has 7 heteroatoms. The zero-order valence-electron chi connectivity index (χ0n) is 25.9. The maximum Gasteiger partial charge on any atom is 8.00 e. The Balaban J connectivity index is 0.000000126. The summed E-state index contributed by atoms with van der Waals surface area (Å²) in [4.78, 5) is 0. The Kier molecular flexibility index (Phi) is 9.13. The van der Waals surface area contributed by atoms with E-state index >= 15 is 0 Å². The van der Waals surface area contributed by atoms with Crippen LogP contribution >= 0.6 is 0 Å². The van der Waals surface area contributed by atoms with E-state index in [-0.39, 0.29) is 53.7 Å². The molecule has 0 N–H and O–H groups in total. The SMILES string of the molecule is [N-]=C1C(=[N-])c2ccccc2-c2ccccc21.[N-]=C1C(=[N-])c2ccccc2-c2ccccc21.[N-]=C1C(=[N-])c2ccccc2-c2ccccc21.[Ru+8]. The van der Waals surface area contributed by atoms with Gasteiger partial charge in [0, 0.05) is 0 Å². The van der Waals surface area contributed by atoms with Gasteiger partial charge in [-0.3, -0.25) is 0 Å². The van der Waals surface area contributed by atoms with Crippen molar-refractivity contribution in [2.45, 2.75) is 0 Å². The van der Waals surface area contributed by atoms with Gasteiger partial charge in [-0.1, -0.05) is 146 Å². The van der Waals surface area contributed by atoms with Gasteiger partial charge >= 0.3 is 19.5 Å². The molecule has 0 amide bonds. The van der Waals surface area contributed by atoms with Crippen LogP contribution in [0.3, 0.4) is 0 Å². The fourth-order valence-electron chi connectivity index (χ4n) is 6.31. The summed E-state index contributed by atoms with van der Waals surface area (Å²) in [7, 11) is 0. The van der Waals surface area contributed by atoms with E-state index in [2.05, 4.69) is 0 Å². The van der Waals surface area contributed by atoms with Crippen LogP contribution in [0.1, 0.15) is 33.4 Å². The van der Waals surface area contributed by atoms with Crippen LogP contribution < -0.4 is 0 Å². The number of benzene rings is 6. The quantitative estimate of drug-likeness (QED) is 0.139. The summed E-state index contributed by atoms with van der Waals surface area (Å²) in [6.45, 7) is 0. The minimum Gasteiger partial charge on any atom is -0.804 e. The van der Waals surface area contributed by atoms with E-state index in [1.54, 1.807) is 36.4 Å². The third-order valence-electron chi connectivity index (χ3n) is 8.64. The molecule has 3 aliphatic rings. The van der Waals surface area contributed by atoms with Crippen molar-refractivity contribution in [1.29, 1.82) is 0 Å². The van der Waals surface area contributed by atoms with Gasteiger partial charge in [-0.15, -0.1) is 0 Å². The third-order valence-corrected chi connectivity index (χ3v) is 8.64. The monoisotopic (exact) mass is 714 g/mol. The molecule has 6 nitrogen and oxygen atoms in total. The Morgan fingerprint density at radius 2 is 0.286 bits per heavy atom. The molecule has 228 valence electrons. The smallest absolute Gasteiger partial charge is 0.804 e. The van der Waals surface area contributed by atoms with Gasteiger partial charge in [-0.05, 0) is 66.8 Å². The standard InChI is InChI=1S/3C14H8N2.Ru/c3*15-13-11-7-3-1-5-9(11)10-6-2-4-8-12(10)14(13)16;/h3*1-8H;/q3*-2;+8. The van der Waals surface area contributed by atoms with Crippen LogP contribution in [0.5, 0.6) is 0 Å². The van der Waals surface area contributed by atoms with Crippen molar-refractivity contribution in [2.24, 2.45) is 0 Å². The molecule has 0 fully saturated rings. The molecule has 0 saturated heterocycles. The van der Waals surface area contributed by atoms with E-state index in [0.29, 0.717) is 33.4 Å². The van der Waals surface area contributed by atoms with Crippen LogP contribution in [0.25, 0.3) is 65.8 Å². The van der Waals surface area contributed by atoms with Crippen LogP contribution in [-0.2, 0) is 19.5 Å². The van der Waals surface area contributed by atoms with Gasteiger partial charge in [0.15, 0.2) is 0 Å². The Labute approximate surface area is 297 Å². The Morgan fingerprint density at radius 1 is 0.184 bits per heavy atom. The second-order valence-corrected chi connectivity index (χ2v) is 11.4. The summed E-state index contributed by atoms with van der Waals surface area (Å²) in [5.74, 6) is 0. The fraction of sp³-hybridized carbons (Fsp3) is 0. The van der Waals surface area contributed by atoms with Crippen molar-refractivity contribution in [3.05, 3.63) is 211 Å². The van der Waals surface area contributed by atoms with Crippen molar-refractivity contribution in [3.63, 3.8) is 0 Å². The van der Waals surface area contributed by atoms with Gasteiger partial charge in [-0.25, -0.2) is 0 Å². The number of nitrogens with zero attached hydrogens (tertiary/aromatic N) is 6. The largest absolute Gasteiger partial charge is 8.00 e. The molecule has 0 radical (unpaired) electrons. The van der Waals surface area contributed by atoms with E-state index in [9.17, 15) is 32.5 Å². The first-order valence-corrected chi connectivity index (χ1v) is 15.3. The molecule has 0 unspecified atom stereocenters. The zero-order chi connectivity index (χ0) is 33.4. The van der Waals surface area contributed by atoms with Crippen LogP contribution in [-0.4, -0.2) is 34.3 Å². The normalized spacial score (nSPS) is 13.0. The van der Waals surface area contributed by atoms with Crippen molar-refractivity contribution >= 4 is 34.3 Å². The predicted molar refractivity (Wildman–Crippen MR) is 200 cm³/mol. The van der Waals surface area contributed by atoms with Gasteiger partial charge in [0.1, 0.15) is 0 Å². The molecular formula is C42H24N6Ru+2. The third kappa shape index (κ3) is 5.75. The topological polar surface area (TPSA) is 134 Å². The summed E-state index contributed by atoms with van der Waals surface area (Å²) < 4.78 is 0. The van der Waals surface area contributed by atoms with E-state index in [1.165, 1.54) is 0 Å². The molecule has 0 atom stereocenters. The Bertz CT molecular complexity index is 1940. The van der Waals surface area contributed by atoms with Crippen LogP contribution in [0.15, 0.2) is 146 Å². The molecular weight excluding hydrogens is 690 g/mol. The minimum atomic E-state index is -0.0469. The van der Waals surface area contributed by atoms with Crippen molar-refractivity contribution in [2.75, 3.05) is 0 Å². The molecule has 3 aliphatic carbocycles. The zero-order valence-corrected chi connectivity index (χ0v) is 27.6. The number of hydrogen-bond donors (Lipinski definition) is 0. The molecule has 6 aromatic rings. The summed E-state index contributed by atoms with van der Waals surface area (Å²) in [5.41, 5.74) is 9.51. The van der Waals surface area contributed by atoms with Crippen LogP contribution in [0, 0.1) is 0 Å². The Hall–Kier alpha value is -6.04. The average molecular weight is 714 g/mol. The molecule has 9 rings (SSSR count). The van der Waals surface area contributed by atoms with Crippen molar-refractivity contribution in [3.8, 4) is 33.4 Å². The molecule has 0 spiro atoms. The minimum absolute atomic E-state index is 0. The van der Waals surface area contributed by atoms with Gasteiger partial charge in [0.25, 0.3) is 0 Å². The van der Waals surface area contributed by atoms with E-state index in [4.69, 9.17) is 0 Å². The molecule has 0 aliphatic heterocycles. The van der Waals surface area contributed by atoms with Gasteiger partial charge in [0.2, 0.25) is 0 Å². The first-order valence-electron chi connectivity index (χ1n) is 15.3. The number of rotatable bonds is 0. The number of hydrogen-bond acceptors (Lipinski definition) is 0. The molecule has 0 bridgehead atoms. The van der Waals surface area contributed by atoms with E-state index in [1.807, 2.05) is 109 Å². The van der Waals surface area contributed by atoms with E-state index < -0.39 is 0 Å². The average Bonchev–Trinajstić information content (AvgIpc) is 3.15. The van der Waals surface area contributed by atoms with Crippen LogP contribution in [0.2, 0.25) is 0 Å². The maximum absolute atomic E-state index is 9.91. The molecule has 0 aromatic heterocycles. The molecule has 6 aromatic carbocycles. The van der Waals surface area contributed by atoms with E-state index in [0.717, 1.165) is 33.4 Å².